The fourth-order valence-electron chi connectivity index (χ4n) is 5.43. The predicted octanol–water partition coefficient (Wildman–Crippen LogP) is 1.61. The Morgan fingerprint density at radius 2 is 1.79 bits per heavy atom. The smallest absolute Gasteiger partial charge is 0.165 e. The highest BCUT2D eigenvalue weighted by Gasteiger charge is 2.51. The number of hydrogen-bond donors (Lipinski definition) is 1. The van der Waals surface area contributed by atoms with E-state index < -0.39 is 0 Å². The van der Waals surface area contributed by atoms with Crippen LogP contribution in [0.5, 0.6) is 0 Å². The number of tetrazole rings is 1. The van der Waals surface area contributed by atoms with E-state index in [9.17, 15) is 0 Å². The molecule has 4 aliphatic carbocycles. The van der Waals surface area contributed by atoms with Crippen LogP contribution >= 0.6 is 0 Å². The molecule has 0 radical (unpaired) electrons. The lowest BCUT2D eigenvalue weighted by Gasteiger charge is -2.56. The van der Waals surface area contributed by atoms with Crippen molar-refractivity contribution in [3.63, 3.8) is 0 Å². The second-order valence-corrected chi connectivity index (χ2v) is 7.20. The van der Waals surface area contributed by atoms with Crippen LogP contribution in [0, 0.1) is 23.2 Å². The molecule has 5 rings (SSSR count). The molecule has 1 N–H and O–H groups in total. The van der Waals surface area contributed by atoms with Crippen molar-refractivity contribution in [1.82, 2.24) is 25.5 Å². The molecule has 0 unspecified atom stereocenters. The second-order valence-electron chi connectivity index (χ2n) is 7.20. The standard InChI is InChI=1S/C14H23N5/c1-15-8-13-16-17-18-19(13)9-14-5-10-2-11(6-14)4-12(3-10)7-14/h10-12,15H,2-9H2,1H3. The Morgan fingerprint density at radius 3 is 2.37 bits per heavy atom. The van der Waals surface area contributed by atoms with Gasteiger partial charge in [0.15, 0.2) is 5.82 Å². The van der Waals surface area contributed by atoms with E-state index in [0.717, 1.165) is 36.7 Å². The summed E-state index contributed by atoms with van der Waals surface area (Å²) in [4.78, 5) is 0. The van der Waals surface area contributed by atoms with Crippen molar-refractivity contribution in [3.8, 4) is 0 Å². The quantitative estimate of drug-likeness (QED) is 0.894. The number of nitrogens with zero attached hydrogens (tertiary/aromatic N) is 4. The van der Waals surface area contributed by atoms with Gasteiger partial charge in [0.05, 0.1) is 13.1 Å². The van der Waals surface area contributed by atoms with Gasteiger partial charge in [0.25, 0.3) is 0 Å². The largest absolute Gasteiger partial charge is 0.313 e. The Bertz CT molecular complexity index is 431. The van der Waals surface area contributed by atoms with E-state index in [1.54, 1.807) is 0 Å². The average Bonchev–Trinajstić information content (AvgIpc) is 2.74. The summed E-state index contributed by atoms with van der Waals surface area (Å²) in [7, 11) is 1.95. The van der Waals surface area contributed by atoms with Crippen molar-refractivity contribution in [2.45, 2.75) is 51.6 Å². The van der Waals surface area contributed by atoms with Crippen molar-refractivity contribution in [1.29, 1.82) is 0 Å². The van der Waals surface area contributed by atoms with Gasteiger partial charge in [-0.15, -0.1) is 5.10 Å². The van der Waals surface area contributed by atoms with Crippen molar-refractivity contribution in [2.24, 2.45) is 23.2 Å². The second kappa shape index (κ2) is 4.27. The molecular formula is C14H23N5. The van der Waals surface area contributed by atoms with Gasteiger partial charge in [0, 0.05) is 0 Å². The summed E-state index contributed by atoms with van der Waals surface area (Å²) < 4.78 is 2.06. The van der Waals surface area contributed by atoms with Gasteiger partial charge in [-0.2, -0.15) is 0 Å². The summed E-state index contributed by atoms with van der Waals surface area (Å²) in [5.74, 6) is 3.97. The molecule has 0 spiro atoms. The lowest BCUT2D eigenvalue weighted by atomic mass is 9.49. The van der Waals surface area contributed by atoms with Crippen molar-refractivity contribution >= 4 is 0 Å². The monoisotopic (exact) mass is 261 g/mol. The van der Waals surface area contributed by atoms with Crippen LogP contribution in [0.25, 0.3) is 0 Å². The molecule has 1 aromatic heterocycles. The third kappa shape index (κ3) is 1.98. The third-order valence-corrected chi connectivity index (χ3v) is 5.59. The Balaban J connectivity index is 1.57. The molecule has 5 heteroatoms. The zero-order valence-electron chi connectivity index (χ0n) is 11.7. The van der Waals surface area contributed by atoms with Crippen molar-refractivity contribution in [3.05, 3.63) is 5.82 Å². The maximum Gasteiger partial charge on any atom is 0.165 e. The van der Waals surface area contributed by atoms with E-state index in [-0.39, 0.29) is 0 Å². The van der Waals surface area contributed by atoms with Gasteiger partial charge >= 0.3 is 0 Å². The molecule has 4 fully saturated rings. The molecule has 0 aliphatic heterocycles. The Hall–Kier alpha value is -0.970. The van der Waals surface area contributed by atoms with Crippen LogP contribution < -0.4 is 5.32 Å². The van der Waals surface area contributed by atoms with Crippen LogP contribution in [-0.4, -0.2) is 27.3 Å². The van der Waals surface area contributed by atoms with E-state index >= 15 is 0 Å². The number of rotatable bonds is 4. The van der Waals surface area contributed by atoms with Gasteiger partial charge in [-0.05, 0) is 79.2 Å². The average molecular weight is 261 g/mol. The van der Waals surface area contributed by atoms with E-state index in [1.807, 2.05) is 7.05 Å². The SMILES string of the molecule is CNCc1nnnn1CC12CC3CC(CC(C3)C1)C2. The first kappa shape index (κ1) is 11.8. The Morgan fingerprint density at radius 1 is 1.16 bits per heavy atom. The molecule has 4 aliphatic rings. The van der Waals surface area contributed by atoms with E-state index in [1.165, 1.54) is 38.5 Å². The zero-order chi connectivity index (χ0) is 12.9. The highest BCUT2D eigenvalue weighted by molar-refractivity contribution is 5.01. The highest BCUT2D eigenvalue weighted by Crippen LogP contribution is 2.60. The topological polar surface area (TPSA) is 55.6 Å². The molecule has 4 saturated carbocycles. The first-order chi connectivity index (χ1) is 9.26. The molecule has 0 aromatic carbocycles. The first-order valence-corrected chi connectivity index (χ1v) is 7.66. The van der Waals surface area contributed by atoms with Crippen LogP contribution in [0.1, 0.15) is 44.3 Å². The molecule has 1 heterocycles. The van der Waals surface area contributed by atoms with E-state index in [4.69, 9.17) is 0 Å². The van der Waals surface area contributed by atoms with E-state index in [2.05, 4.69) is 25.5 Å². The molecule has 19 heavy (non-hydrogen) atoms. The maximum absolute atomic E-state index is 4.23. The molecule has 0 saturated heterocycles. The first-order valence-electron chi connectivity index (χ1n) is 7.66. The van der Waals surface area contributed by atoms with Gasteiger partial charge in [-0.1, -0.05) is 0 Å². The Kier molecular flexibility index (Phi) is 2.65. The number of nitrogens with one attached hydrogen (secondary N) is 1. The Labute approximate surface area is 114 Å². The minimum Gasteiger partial charge on any atom is -0.313 e. The lowest BCUT2D eigenvalue weighted by Crippen LogP contribution is -2.48. The van der Waals surface area contributed by atoms with Gasteiger partial charge in [0.1, 0.15) is 0 Å². The number of aromatic nitrogens is 4. The van der Waals surface area contributed by atoms with Crippen LogP contribution in [0.2, 0.25) is 0 Å². The molecule has 5 nitrogen and oxygen atoms in total. The lowest BCUT2D eigenvalue weighted by molar-refractivity contribution is -0.0641. The summed E-state index contributed by atoms with van der Waals surface area (Å²) in [6.07, 6.45) is 8.74. The summed E-state index contributed by atoms with van der Waals surface area (Å²) in [6, 6.07) is 0. The summed E-state index contributed by atoms with van der Waals surface area (Å²) in [5, 5.41) is 15.4. The molecule has 1 aromatic rings. The molecule has 0 amide bonds. The summed E-state index contributed by atoms with van der Waals surface area (Å²) in [6.45, 7) is 1.81. The third-order valence-electron chi connectivity index (χ3n) is 5.59. The van der Waals surface area contributed by atoms with Crippen molar-refractivity contribution < 1.29 is 0 Å². The minimum absolute atomic E-state index is 0.507. The summed E-state index contributed by atoms with van der Waals surface area (Å²) in [5.41, 5.74) is 0.507. The van der Waals surface area contributed by atoms with Crippen LogP contribution in [0.4, 0.5) is 0 Å². The zero-order valence-corrected chi connectivity index (χ0v) is 11.7. The van der Waals surface area contributed by atoms with Crippen molar-refractivity contribution in [2.75, 3.05) is 7.05 Å². The van der Waals surface area contributed by atoms with E-state index in [0.29, 0.717) is 5.41 Å². The molecule has 0 atom stereocenters. The van der Waals surface area contributed by atoms with Gasteiger partial charge in [-0.3, -0.25) is 0 Å². The highest BCUT2D eigenvalue weighted by atomic mass is 15.5. The van der Waals surface area contributed by atoms with Gasteiger partial charge in [-0.25, -0.2) is 4.68 Å². The van der Waals surface area contributed by atoms with Crippen LogP contribution in [0.15, 0.2) is 0 Å². The fourth-order valence-corrected chi connectivity index (χ4v) is 5.43. The fraction of sp³-hybridized carbons (Fsp3) is 0.929. The van der Waals surface area contributed by atoms with Gasteiger partial charge in [0.2, 0.25) is 0 Å². The molecule has 104 valence electrons. The van der Waals surface area contributed by atoms with Crippen LogP contribution in [-0.2, 0) is 13.1 Å². The van der Waals surface area contributed by atoms with Crippen LogP contribution in [0.3, 0.4) is 0 Å². The van der Waals surface area contributed by atoms with Gasteiger partial charge < -0.3 is 5.32 Å². The minimum atomic E-state index is 0.507. The molecular weight excluding hydrogens is 238 g/mol. The molecule has 4 bridgehead atoms. The number of hydrogen-bond acceptors (Lipinski definition) is 4. The summed E-state index contributed by atoms with van der Waals surface area (Å²) >= 11 is 0. The maximum atomic E-state index is 4.23. The normalized spacial score (nSPS) is 39.9. The predicted molar refractivity (Wildman–Crippen MR) is 71.2 cm³/mol.